The van der Waals surface area contributed by atoms with Gasteiger partial charge in [0.1, 0.15) is 5.82 Å². The van der Waals surface area contributed by atoms with Crippen molar-refractivity contribution in [2.24, 2.45) is 12.5 Å². The Labute approximate surface area is 127 Å². The molecule has 1 aromatic carbocycles. The number of aryl methyl sites for hydroxylation is 1. The summed E-state index contributed by atoms with van der Waals surface area (Å²) in [7, 11) is 2.06. The van der Waals surface area contributed by atoms with Crippen LogP contribution in [-0.2, 0) is 7.05 Å². The van der Waals surface area contributed by atoms with Crippen LogP contribution in [0.15, 0.2) is 24.3 Å². The van der Waals surface area contributed by atoms with Crippen LogP contribution in [0.4, 0.5) is 0 Å². The van der Waals surface area contributed by atoms with Gasteiger partial charge >= 0.3 is 0 Å². The van der Waals surface area contributed by atoms with Gasteiger partial charge in [-0.2, -0.15) is 0 Å². The first-order valence-corrected chi connectivity index (χ1v) is 7.63. The molecular weight excluding hydrogens is 262 g/mol. The molecule has 0 amide bonds. The van der Waals surface area contributed by atoms with Gasteiger partial charge in [0.25, 0.3) is 0 Å². The van der Waals surface area contributed by atoms with Gasteiger partial charge in [0.15, 0.2) is 0 Å². The number of para-hydroxylation sites is 2. The van der Waals surface area contributed by atoms with E-state index in [1.165, 1.54) is 0 Å². The highest BCUT2D eigenvalue weighted by Gasteiger charge is 2.27. The molecule has 0 fully saturated rings. The van der Waals surface area contributed by atoms with Crippen LogP contribution in [0.5, 0.6) is 0 Å². The van der Waals surface area contributed by atoms with Gasteiger partial charge in [-0.1, -0.05) is 32.9 Å². The fraction of sp³-hybridized carbons (Fsp3) is 0.588. The molecule has 2 atom stereocenters. The van der Waals surface area contributed by atoms with Crippen LogP contribution in [0.1, 0.15) is 46.0 Å². The van der Waals surface area contributed by atoms with Gasteiger partial charge in [-0.15, -0.1) is 0 Å². The Morgan fingerprint density at radius 1 is 1.29 bits per heavy atom. The van der Waals surface area contributed by atoms with E-state index in [-0.39, 0.29) is 24.1 Å². The molecule has 0 aliphatic heterocycles. The third kappa shape index (κ3) is 3.44. The van der Waals surface area contributed by atoms with E-state index in [0.717, 1.165) is 23.3 Å². The minimum absolute atomic E-state index is 0.0988. The maximum absolute atomic E-state index is 9.29. The molecular formula is C17H27N3O. The van der Waals surface area contributed by atoms with E-state index in [9.17, 15) is 5.11 Å². The number of hydrogen-bond acceptors (Lipinski definition) is 3. The highest BCUT2D eigenvalue weighted by molar-refractivity contribution is 5.75. The Balaban J connectivity index is 2.25. The summed E-state index contributed by atoms with van der Waals surface area (Å²) in [5, 5.41) is 12.9. The van der Waals surface area contributed by atoms with Gasteiger partial charge in [0.2, 0.25) is 0 Å². The molecule has 1 aromatic heterocycles. The first-order chi connectivity index (χ1) is 9.84. The average molecular weight is 289 g/mol. The van der Waals surface area contributed by atoms with Gasteiger partial charge in [-0.05, 0) is 30.9 Å². The number of hydrogen-bond donors (Lipinski definition) is 2. The lowest BCUT2D eigenvalue weighted by molar-refractivity contribution is 0.186. The SMILES string of the molecule is CC(NC(CCO)C(C)(C)C)c1nc2ccccc2n1C. The lowest BCUT2D eigenvalue weighted by Gasteiger charge is -2.33. The molecule has 0 radical (unpaired) electrons. The van der Waals surface area contributed by atoms with E-state index in [1.807, 2.05) is 18.2 Å². The summed E-state index contributed by atoms with van der Waals surface area (Å²) in [4.78, 5) is 4.75. The van der Waals surface area contributed by atoms with Crippen LogP contribution in [0.25, 0.3) is 11.0 Å². The molecule has 0 saturated heterocycles. The fourth-order valence-electron chi connectivity index (χ4n) is 2.82. The normalized spacial score (nSPS) is 15.3. The first-order valence-electron chi connectivity index (χ1n) is 7.63. The zero-order chi connectivity index (χ0) is 15.6. The third-order valence-electron chi connectivity index (χ3n) is 4.12. The molecule has 0 aliphatic carbocycles. The van der Waals surface area contributed by atoms with Crippen LogP contribution < -0.4 is 5.32 Å². The van der Waals surface area contributed by atoms with Crippen LogP contribution in [0.2, 0.25) is 0 Å². The maximum atomic E-state index is 9.29. The van der Waals surface area contributed by atoms with E-state index in [1.54, 1.807) is 0 Å². The van der Waals surface area contributed by atoms with Crippen LogP contribution in [0.3, 0.4) is 0 Å². The minimum Gasteiger partial charge on any atom is -0.396 e. The number of aliphatic hydroxyl groups excluding tert-OH is 1. The van der Waals surface area contributed by atoms with E-state index < -0.39 is 0 Å². The van der Waals surface area contributed by atoms with Crippen molar-refractivity contribution in [3.63, 3.8) is 0 Å². The van der Waals surface area contributed by atoms with Crippen molar-refractivity contribution in [2.45, 2.75) is 46.2 Å². The zero-order valence-corrected chi connectivity index (χ0v) is 13.7. The molecule has 2 rings (SSSR count). The highest BCUT2D eigenvalue weighted by atomic mass is 16.3. The molecule has 2 unspecified atom stereocenters. The molecule has 4 nitrogen and oxygen atoms in total. The summed E-state index contributed by atoms with van der Waals surface area (Å²) in [6.07, 6.45) is 0.748. The molecule has 0 saturated carbocycles. The molecule has 0 spiro atoms. The number of aromatic nitrogens is 2. The Kier molecular flexibility index (Phi) is 4.69. The summed E-state index contributed by atoms with van der Waals surface area (Å²) >= 11 is 0. The largest absolute Gasteiger partial charge is 0.396 e. The minimum atomic E-state index is 0.0988. The van der Waals surface area contributed by atoms with E-state index in [0.29, 0.717) is 0 Å². The topological polar surface area (TPSA) is 50.1 Å². The Morgan fingerprint density at radius 3 is 2.52 bits per heavy atom. The predicted octanol–water partition coefficient (Wildman–Crippen LogP) is 3.02. The van der Waals surface area contributed by atoms with Crippen LogP contribution >= 0.6 is 0 Å². The first kappa shape index (κ1) is 16.0. The van der Waals surface area contributed by atoms with E-state index in [2.05, 4.69) is 50.7 Å². The van der Waals surface area contributed by atoms with Gasteiger partial charge < -0.3 is 15.0 Å². The fourth-order valence-corrected chi connectivity index (χ4v) is 2.82. The lowest BCUT2D eigenvalue weighted by Crippen LogP contribution is -2.42. The van der Waals surface area contributed by atoms with Crippen molar-refractivity contribution in [1.82, 2.24) is 14.9 Å². The van der Waals surface area contributed by atoms with Crippen LogP contribution in [0, 0.1) is 5.41 Å². The number of imidazole rings is 1. The summed E-state index contributed by atoms with van der Waals surface area (Å²) in [5.74, 6) is 1.03. The number of fused-ring (bicyclic) bond motifs is 1. The smallest absolute Gasteiger partial charge is 0.126 e. The summed E-state index contributed by atoms with van der Waals surface area (Å²) in [6, 6.07) is 8.57. The Bertz CT molecular complexity index is 598. The number of nitrogens with zero attached hydrogens (tertiary/aromatic N) is 2. The Morgan fingerprint density at radius 2 is 1.95 bits per heavy atom. The van der Waals surface area contributed by atoms with Crippen molar-refractivity contribution in [3.05, 3.63) is 30.1 Å². The number of benzene rings is 1. The van der Waals surface area contributed by atoms with Crippen molar-refractivity contribution in [2.75, 3.05) is 6.61 Å². The van der Waals surface area contributed by atoms with Crippen molar-refractivity contribution < 1.29 is 5.11 Å². The quantitative estimate of drug-likeness (QED) is 0.889. The molecule has 0 bridgehead atoms. The van der Waals surface area contributed by atoms with E-state index >= 15 is 0 Å². The summed E-state index contributed by atoms with van der Waals surface area (Å²) in [5.41, 5.74) is 2.27. The average Bonchev–Trinajstić information content (AvgIpc) is 2.75. The second-order valence-electron chi connectivity index (χ2n) is 6.84. The Hall–Kier alpha value is -1.39. The second kappa shape index (κ2) is 6.16. The molecule has 2 N–H and O–H groups in total. The van der Waals surface area contributed by atoms with Crippen molar-refractivity contribution in [1.29, 1.82) is 0 Å². The van der Waals surface area contributed by atoms with Crippen molar-refractivity contribution in [3.8, 4) is 0 Å². The molecule has 116 valence electrons. The van der Waals surface area contributed by atoms with Crippen molar-refractivity contribution >= 4 is 11.0 Å². The monoisotopic (exact) mass is 289 g/mol. The van der Waals surface area contributed by atoms with Crippen LogP contribution in [-0.4, -0.2) is 27.3 Å². The van der Waals surface area contributed by atoms with Gasteiger partial charge in [0.05, 0.1) is 17.1 Å². The molecule has 21 heavy (non-hydrogen) atoms. The summed E-state index contributed by atoms with van der Waals surface area (Å²) in [6.45, 7) is 8.92. The lowest BCUT2D eigenvalue weighted by atomic mass is 9.84. The highest BCUT2D eigenvalue weighted by Crippen LogP contribution is 2.26. The van der Waals surface area contributed by atoms with Gasteiger partial charge in [0, 0.05) is 19.7 Å². The predicted molar refractivity (Wildman–Crippen MR) is 87.2 cm³/mol. The maximum Gasteiger partial charge on any atom is 0.126 e. The van der Waals surface area contributed by atoms with Gasteiger partial charge in [-0.3, -0.25) is 0 Å². The molecule has 1 heterocycles. The molecule has 0 aliphatic rings. The molecule has 2 aromatic rings. The number of aliphatic hydroxyl groups is 1. The third-order valence-corrected chi connectivity index (χ3v) is 4.12. The number of rotatable bonds is 5. The number of nitrogens with one attached hydrogen (secondary N) is 1. The second-order valence-corrected chi connectivity index (χ2v) is 6.84. The standard InChI is InChI=1S/C17H27N3O/c1-12(18-15(10-11-21)17(2,3)4)16-19-13-8-6-7-9-14(13)20(16)5/h6-9,12,15,18,21H,10-11H2,1-5H3. The van der Waals surface area contributed by atoms with Gasteiger partial charge in [-0.25, -0.2) is 4.98 Å². The van der Waals surface area contributed by atoms with E-state index in [4.69, 9.17) is 4.98 Å². The molecule has 4 heteroatoms. The summed E-state index contributed by atoms with van der Waals surface area (Å²) < 4.78 is 2.14. The zero-order valence-electron chi connectivity index (χ0n) is 13.7.